The van der Waals surface area contributed by atoms with Gasteiger partial charge in [0.1, 0.15) is 5.65 Å². The van der Waals surface area contributed by atoms with Crippen LogP contribution in [0.15, 0.2) is 12.3 Å². The van der Waals surface area contributed by atoms with E-state index in [1.54, 1.807) is 6.20 Å². The fourth-order valence-corrected chi connectivity index (χ4v) is 3.68. The van der Waals surface area contributed by atoms with Gasteiger partial charge in [0.2, 0.25) is 11.9 Å². The van der Waals surface area contributed by atoms with Gasteiger partial charge >= 0.3 is 0 Å². The zero-order valence-electron chi connectivity index (χ0n) is 13.8. The maximum absolute atomic E-state index is 12.4. The van der Waals surface area contributed by atoms with E-state index in [1.165, 1.54) is 0 Å². The van der Waals surface area contributed by atoms with Crippen LogP contribution in [0.2, 0.25) is 0 Å². The van der Waals surface area contributed by atoms with Crippen LogP contribution >= 0.6 is 0 Å². The number of aromatic nitrogens is 3. The summed E-state index contributed by atoms with van der Waals surface area (Å²) in [4.78, 5) is 35.4. The number of piperidine rings is 1. The van der Waals surface area contributed by atoms with Gasteiger partial charge in [-0.2, -0.15) is 4.98 Å². The summed E-state index contributed by atoms with van der Waals surface area (Å²) in [7, 11) is 2.03. The smallest absolute Gasteiger partial charge is 0.231 e. The lowest BCUT2D eigenvalue weighted by molar-refractivity contribution is -0.121. The number of nitrogens with one attached hydrogen (secondary N) is 1. The van der Waals surface area contributed by atoms with Crippen LogP contribution < -0.4 is 5.32 Å². The molecule has 2 aromatic rings. The third kappa shape index (κ3) is 2.69. The van der Waals surface area contributed by atoms with Crippen LogP contribution in [0.5, 0.6) is 0 Å². The third-order valence-corrected chi connectivity index (χ3v) is 4.94. The first-order valence-corrected chi connectivity index (χ1v) is 8.51. The second kappa shape index (κ2) is 5.98. The van der Waals surface area contributed by atoms with Crippen molar-refractivity contribution in [3.63, 3.8) is 0 Å². The molecule has 0 saturated carbocycles. The van der Waals surface area contributed by atoms with Crippen molar-refractivity contribution in [1.82, 2.24) is 19.4 Å². The quantitative estimate of drug-likeness (QED) is 0.908. The monoisotopic (exact) mass is 327 g/mol. The number of aryl methyl sites for hydroxylation is 1. The first kappa shape index (κ1) is 15.3. The molecule has 4 heterocycles. The van der Waals surface area contributed by atoms with E-state index in [1.807, 2.05) is 17.7 Å². The van der Waals surface area contributed by atoms with Crippen LogP contribution in [-0.4, -0.2) is 51.3 Å². The van der Waals surface area contributed by atoms with Crippen LogP contribution in [0, 0.1) is 5.92 Å². The van der Waals surface area contributed by atoms with Crippen molar-refractivity contribution in [3.05, 3.63) is 18.0 Å². The van der Waals surface area contributed by atoms with Crippen molar-refractivity contribution in [3.8, 4) is 0 Å². The summed E-state index contributed by atoms with van der Waals surface area (Å²) in [6.07, 6.45) is 5.03. The van der Waals surface area contributed by atoms with Crippen LogP contribution in [0.3, 0.4) is 0 Å². The molecule has 126 valence electrons. The van der Waals surface area contributed by atoms with Crippen molar-refractivity contribution in [2.45, 2.75) is 32.2 Å². The lowest BCUT2D eigenvalue weighted by Crippen LogP contribution is -2.38. The molecule has 0 aromatic carbocycles. The van der Waals surface area contributed by atoms with Gasteiger partial charge in [-0.1, -0.05) is 0 Å². The number of rotatable bonds is 2. The van der Waals surface area contributed by atoms with E-state index < -0.39 is 0 Å². The fourth-order valence-electron chi connectivity index (χ4n) is 3.68. The normalized spacial score (nSPS) is 21.7. The van der Waals surface area contributed by atoms with Gasteiger partial charge in [0.05, 0.1) is 11.6 Å². The van der Waals surface area contributed by atoms with Gasteiger partial charge in [0.15, 0.2) is 5.78 Å². The number of amides is 1. The number of nitrogens with zero attached hydrogens (tertiary/aromatic N) is 4. The SMILES string of the molecule is CN1CCCC(C(=O)Nc2ncc3cc4n(c3n2)CCCC4=O)C1. The Kier molecular flexibility index (Phi) is 3.80. The van der Waals surface area contributed by atoms with Gasteiger partial charge in [-0.15, -0.1) is 0 Å². The van der Waals surface area contributed by atoms with Gasteiger partial charge in [0, 0.05) is 31.1 Å². The molecule has 4 rings (SSSR count). The zero-order valence-corrected chi connectivity index (χ0v) is 13.8. The number of Topliss-reactive ketones (excluding diaryl/α,β-unsaturated/α-hetero) is 1. The molecule has 1 unspecified atom stereocenters. The molecular formula is C17H21N5O2. The van der Waals surface area contributed by atoms with Crippen molar-refractivity contribution in [2.24, 2.45) is 5.92 Å². The topological polar surface area (TPSA) is 80.1 Å². The highest BCUT2D eigenvalue weighted by Gasteiger charge is 2.25. The minimum Gasteiger partial charge on any atom is -0.323 e. The number of carbonyl (C=O) groups is 2. The van der Waals surface area contributed by atoms with Crippen LogP contribution in [0.4, 0.5) is 5.95 Å². The Bertz CT molecular complexity index is 813. The number of carbonyl (C=O) groups excluding carboxylic acids is 2. The van der Waals surface area contributed by atoms with Gasteiger partial charge in [-0.3, -0.25) is 14.9 Å². The van der Waals surface area contributed by atoms with Gasteiger partial charge < -0.3 is 9.47 Å². The fraction of sp³-hybridized carbons (Fsp3) is 0.529. The predicted molar refractivity (Wildman–Crippen MR) is 89.9 cm³/mol. The number of ketones is 1. The van der Waals surface area contributed by atoms with Crippen molar-refractivity contribution >= 4 is 28.7 Å². The first-order valence-electron chi connectivity index (χ1n) is 8.51. The molecule has 1 N–H and O–H groups in total. The standard InChI is InChI=1S/C17H21N5O2/c1-21-6-2-4-11(10-21)16(24)20-17-18-9-12-8-13-14(23)5-3-7-22(13)15(12)19-17/h8-9,11H,2-7,10H2,1H3,(H,18,19,20,24). The van der Waals surface area contributed by atoms with Crippen molar-refractivity contribution < 1.29 is 9.59 Å². The Labute approximate surface area is 140 Å². The highest BCUT2D eigenvalue weighted by atomic mass is 16.2. The number of hydrogen-bond acceptors (Lipinski definition) is 5. The molecule has 0 radical (unpaired) electrons. The van der Waals surface area contributed by atoms with E-state index in [-0.39, 0.29) is 17.6 Å². The van der Waals surface area contributed by atoms with Crippen LogP contribution in [0.25, 0.3) is 11.0 Å². The van der Waals surface area contributed by atoms with Crippen LogP contribution in [0.1, 0.15) is 36.2 Å². The lowest BCUT2D eigenvalue weighted by Gasteiger charge is -2.28. The van der Waals surface area contributed by atoms with Crippen molar-refractivity contribution in [1.29, 1.82) is 0 Å². The average Bonchev–Trinajstić information content (AvgIpc) is 2.94. The molecule has 1 atom stereocenters. The molecule has 2 aromatic heterocycles. The molecule has 1 amide bonds. The molecule has 1 fully saturated rings. The summed E-state index contributed by atoms with van der Waals surface area (Å²) in [5, 5.41) is 3.69. The molecule has 7 nitrogen and oxygen atoms in total. The van der Waals surface area contributed by atoms with E-state index in [9.17, 15) is 9.59 Å². The number of fused-ring (bicyclic) bond motifs is 3. The molecule has 24 heavy (non-hydrogen) atoms. The Morgan fingerprint density at radius 3 is 3.04 bits per heavy atom. The molecule has 1 saturated heterocycles. The Morgan fingerprint density at radius 2 is 2.21 bits per heavy atom. The van der Waals surface area contributed by atoms with E-state index in [4.69, 9.17) is 0 Å². The second-order valence-electron chi connectivity index (χ2n) is 6.77. The maximum atomic E-state index is 12.4. The molecule has 0 bridgehead atoms. The molecular weight excluding hydrogens is 306 g/mol. The third-order valence-electron chi connectivity index (χ3n) is 4.94. The minimum atomic E-state index is -0.0256. The Morgan fingerprint density at radius 1 is 1.33 bits per heavy atom. The molecule has 0 spiro atoms. The highest BCUT2D eigenvalue weighted by molar-refractivity contribution is 6.00. The number of anilines is 1. The summed E-state index contributed by atoms with van der Waals surface area (Å²) in [5.41, 5.74) is 1.42. The second-order valence-corrected chi connectivity index (χ2v) is 6.77. The summed E-state index contributed by atoms with van der Waals surface area (Å²) in [5.74, 6) is 0.419. The Hall–Kier alpha value is -2.28. The van der Waals surface area contributed by atoms with Crippen molar-refractivity contribution in [2.75, 3.05) is 25.5 Å². The summed E-state index contributed by atoms with van der Waals surface area (Å²) < 4.78 is 1.94. The van der Waals surface area contributed by atoms with Gasteiger partial charge in [-0.05, 0) is 38.9 Å². The summed E-state index contributed by atoms with van der Waals surface area (Å²) >= 11 is 0. The van der Waals surface area contributed by atoms with E-state index in [0.29, 0.717) is 18.1 Å². The molecule has 2 aliphatic heterocycles. The maximum Gasteiger partial charge on any atom is 0.231 e. The van der Waals surface area contributed by atoms with Gasteiger partial charge in [-0.25, -0.2) is 4.98 Å². The predicted octanol–water partition coefficient (Wildman–Crippen LogP) is 1.69. The van der Waals surface area contributed by atoms with E-state index in [2.05, 4.69) is 20.2 Å². The highest BCUT2D eigenvalue weighted by Crippen LogP contribution is 2.24. The minimum absolute atomic E-state index is 0.0224. The summed E-state index contributed by atoms with van der Waals surface area (Å²) in [6, 6.07) is 1.85. The van der Waals surface area contributed by atoms with Gasteiger partial charge in [0.25, 0.3) is 0 Å². The zero-order chi connectivity index (χ0) is 16.7. The molecule has 0 aliphatic carbocycles. The first-order chi connectivity index (χ1) is 11.6. The van der Waals surface area contributed by atoms with E-state index in [0.717, 1.165) is 49.9 Å². The average molecular weight is 327 g/mol. The summed E-state index contributed by atoms with van der Waals surface area (Å²) in [6.45, 7) is 2.59. The number of likely N-dealkylation sites (tertiary alicyclic amines) is 1. The molecule has 2 aliphatic rings. The largest absolute Gasteiger partial charge is 0.323 e. The van der Waals surface area contributed by atoms with Crippen LogP contribution in [-0.2, 0) is 11.3 Å². The molecule has 7 heteroatoms. The lowest BCUT2D eigenvalue weighted by atomic mass is 9.98. The Balaban J connectivity index is 1.59. The number of hydrogen-bond donors (Lipinski definition) is 1. The van der Waals surface area contributed by atoms with E-state index >= 15 is 0 Å².